The SMILES string of the molecule is O=C1CC(c2ccc(C[C@H](NS(=O)(=O)c3ccc(-c4ccccc4)cc3)c3nc4ccccc4[nH]3)cc2Cl)S(O)(O)N1. The molecule has 5 aromatic rings. The first-order chi connectivity index (χ1) is 20.1. The Morgan fingerprint density at radius 2 is 1.64 bits per heavy atom. The highest BCUT2D eigenvalue weighted by Crippen LogP contribution is 2.57. The molecule has 0 bridgehead atoms. The number of hydrogen-bond acceptors (Lipinski definition) is 6. The van der Waals surface area contributed by atoms with Crippen molar-refractivity contribution in [2.24, 2.45) is 0 Å². The van der Waals surface area contributed by atoms with Crippen LogP contribution >= 0.6 is 22.4 Å². The summed E-state index contributed by atoms with van der Waals surface area (Å²) in [7, 11) is -7.34. The van der Waals surface area contributed by atoms with E-state index in [2.05, 4.69) is 19.4 Å². The van der Waals surface area contributed by atoms with Gasteiger partial charge in [0, 0.05) is 5.02 Å². The van der Waals surface area contributed by atoms with Gasteiger partial charge in [0.25, 0.3) is 0 Å². The van der Waals surface area contributed by atoms with Gasteiger partial charge in [-0.2, -0.15) is 0 Å². The molecule has 1 amide bonds. The van der Waals surface area contributed by atoms with E-state index in [0.717, 1.165) is 16.6 Å². The predicted molar refractivity (Wildman–Crippen MR) is 165 cm³/mol. The average molecular weight is 623 g/mol. The third-order valence-electron chi connectivity index (χ3n) is 7.19. The second-order valence-electron chi connectivity index (χ2n) is 10.1. The molecule has 1 aliphatic rings. The molecular weight excluding hydrogens is 596 g/mol. The largest absolute Gasteiger partial charge is 0.341 e. The molecule has 0 spiro atoms. The minimum Gasteiger partial charge on any atom is -0.341 e. The maximum absolute atomic E-state index is 13.6. The fraction of sp³-hybridized carbons (Fsp3) is 0.133. The van der Waals surface area contributed by atoms with Crippen LogP contribution < -0.4 is 9.44 Å². The maximum atomic E-state index is 13.6. The van der Waals surface area contributed by atoms with Crippen LogP contribution in [0.25, 0.3) is 22.2 Å². The fourth-order valence-corrected chi connectivity index (χ4v) is 8.19. The van der Waals surface area contributed by atoms with Crippen LogP contribution in [0.4, 0.5) is 0 Å². The van der Waals surface area contributed by atoms with Gasteiger partial charge in [0.2, 0.25) is 15.9 Å². The molecule has 0 aliphatic carbocycles. The first kappa shape index (κ1) is 28.4. The highest BCUT2D eigenvalue weighted by atomic mass is 35.5. The molecule has 1 saturated heterocycles. The molecule has 9 nitrogen and oxygen atoms in total. The summed E-state index contributed by atoms with van der Waals surface area (Å²) in [6, 6.07) is 28.0. The molecular formula is C30H27ClN4O5S2. The van der Waals surface area contributed by atoms with Crippen molar-refractivity contribution in [3.05, 3.63) is 119 Å². The number of sulfonamides is 1. The maximum Gasteiger partial charge on any atom is 0.241 e. The molecule has 5 N–H and O–H groups in total. The Hall–Kier alpha value is -3.71. The van der Waals surface area contributed by atoms with Gasteiger partial charge in [-0.3, -0.25) is 18.6 Å². The lowest BCUT2D eigenvalue weighted by Gasteiger charge is -2.33. The molecule has 4 aromatic carbocycles. The van der Waals surface area contributed by atoms with E-state index in [4.69, 9.17) is 11.6 Å². The van der Waals surface area contributed by atoms with Crippen LogP contribution in [0.1, 0.15) is 34.7 Å². The molecule has 216 valence electrons. The van der Waals surface area contributed by atoms with Gasteiger partial charge in [0.15, 0.2) is 0 Å². The molecule has 0 saturated carbocycles. The monoisotopic (exact) mass is 622 g/mol. The molecule has 2 atom stereocenters. The first-order valence-corrected chi connectivity index (χ1v) is 16.5. The topological polar surface area (TPSA) is 144 Å². The lowest BCUT2D eigenvalue weighted by atomic mass is 10.0. The number of halogens is 1. The number of H-pyrrole nitrogens is 1. The third kappa shape index (κ3) is 5.80. The van der Waals surface area contributed by atoms with Crippen molar-refractivity contribution in [2.75, 3.05) is 0 Å². The Morgan fingerprint density at radius 1 is 0.952 bits per heavy atom. The van der Waals surface area contributed by atoms with Crippen molar-refractivity contribution in [3.8, 4) is 11.1 Å². The van der Waals surface area contributed by atoms with E-state index < -0.39 is 38.0 Å². The van der Waals surface area contributed by atoms with Gasteiger partial charge in [-0.15, -0.1) is 10.8 Å². The summed E-state index contributed by atoms with van der Waals surface area (Å²) >= 11 is 6.56. The summed E-state index contributed by atoms with van der Waals surface area (Å²) in [5.41, 5.74) is 4.45. The molecule has 1 aliphatic heterocycles. The van der Waals surface area contributed by atoms with Crippen LogP contribution in [0.2, 0.25) is 5.02 Å². The van der Waals surface area contributed by atoms with E-state index in [1.54, 1.807) is 42.5 Å². The number of para-hydroxylation sites is 2. The zero-order chi connectivity index (χ0) is 29.5. The predicted octanol–water partition coefficient (Wildman–Crippen LogP) is 6.37. The standard InChI is InChI=1S/C30H27ClN4O5S2/c31-24-16-19(10-15-23(24)28-18-29(36)35-42(28,39)40)17-27(30-32-25-8-4-5-9-26(25)33-30)34-41(37,38)22-13-11-21(12-14-22)20-6-2-1-3-7-20/h1-16,27-28,34,39-40H,17-18H2,(H,32,33)(H,35,36)/t27-,28?/m0/s1. The summed E-state index contributed by atoms with van der Waals surface area (Å²) in [5, 5.41) is -0.619. The molecule has 0 radical (unpaired) electrons. The van der Waals surface area contributed by atoms with Crippen LogP contribution in [0, 0.1) is 0 Å². The lowest BCUT2D eigenvalue weighted by molar-refractivity contribution is -0.118. The van der Waals surface area contributed by atoms with Crippen molar-refractivity contribution in [3.63, 3.8) is 0 Å². The normalized spacial score (nSPS) is 18.1. The quantitative estimate of drug-likeness (QED) is 0.136. The lowest BCUT2D eigenvalue weighted by Crippen LogP contribution is -2.31. The van der Waals surface area contributed by atoms with Crippen molar-refractivity contribution < 1.29 is 22.3 Å². The summed E-state index contributed by atoms with van der Waals surface area (Å²) in [6.07, 6.45) is 0.102. The number of fused-ring (bicyclic) bond motifs is 1. The number of aromatic amines is 1. The zero-order valence-corrected chi connectivity index (χ0v) is 24.5. The van der Waals surface area contributed by atoms with Gasteiger partial charge in [-0.05, 0) is 59.0 Å². The van der Waals surface area contributed by atoms with Gasteiger partial charge in [-0.1, -0.05) is 78.3 Å². The summed E-state index contributed by atoms with van der Waals surface area (Å²) in [4.78, 5) is 19.8. The van der Waals surface area contributed by atoms with Crippen molar-refractivity contribution in [2.45, 2.75) is 29.0 Å². The molecule has 42 heavy (non-hydrogen) atoms. The highest BCUT2D eigenvalue weighted by Gasteiger charge is 2.39. The minimum absolute atomic E-state index is 0.0914. The van der Waals surface area contributed by atoms with Gasteiger partial charge in [-0.25, -0.2) is 18.1 Å². The smallest absolute Gasteiger partial charge is 0.241 e. The minimum atomic E-state index is -3.97. The fourth-order valence-electron chi connectivity index (χ4n) is 5.09. The van der Waals surface area contributed by atoms with Crippen LogP contribution in [0.3, 0.4) is 0 Å². The molecule has 6 rings (SSSR count). The van der Waals surface area contributed by atoms with Crippen molar-refractivity contribution in [1.82, 2.24) is 19.4 Å². The number of benzene rings is 4. The Morgan fingerprint density at radius 3 is 2.31 bits per heavy atom. The van der Waals surface area contributed by atoms with E-state index in [-0.39, 0.29) is 22.8 Å². The first-order valence-electron chi connectivity index (χ1n) is 13.1. The number of carbonyl (C=O) groups is 1. The molecule has 2 heterocycles. The van der Waals surface area contributed by atoms with Crippen LogP contribution in [-0.2, 0) is 21.2 Å². The average Bonchev–Trinajstić information content (AvgIpc) is 3.52. The molecule has 1 aromatic heterocycles. The van der Waals surface area contributed by atoms with E-state index >= 15 is 0 Å². The van der Waals surface area contributed by atoms with Gasteiger partial charge < -0.3 is 4.98 Å². The van der Waals surface area contributed by atoms with E-state index in [1.165, 1.54) is 0 Å². The highest BCUT2D eigenvalue weighted by molar-refractivity contribution is 8.23. The summed E-state index contributed by atoms with van der Waals surface area (Å²) in [5.74, 6) is -0.0306. The second kappa shape index (κ2) is 11.2. The molecule has 1 fully saturated rings. The van der Waals surface area contributed by atoms with Crippen molar-refractivity contribution >= 4 is 49.3 Å². The Balaban J connectivity index is 1.30. The van der Waals surface area contributed by atoms with Crippen LogP contribution in [0.15, 0.2) is 102 Å². The molecule has 1 unspecified atom stereocenters. The summed E-state index contributed by atoms with van der Waals surface area (Å²) in [6.45, 7) is 0. The number of carbonyl (C=O) groups excluding carboxylic acids is 1. The number of aromatic nitrogens is 2. The Bertz CT molecular complexity index is 1850. The van der Waals surface area contributed by atoms with E-state index in [0.29, 0.717) is 22.5 Å². The molecule has 12 heteroatoms. The second-order valence-corrected chi connectivity index (χ2v) is 14.2. The number of rotatable bonds is 8. The number of amides is 1. The van der Waals surface area contributed by atoms with Gasteiger partial charge in [0.1, 0.15) is 11.1 Å². The zero-order valence-electron chi connectivity index (χ0n) is 22.1. The number of imidazole rings is 1. The van der Waals surface area contributed by atoms with E-state index in [1.807, 2.05) is 54.6 Å². The van der Waals surface area contributed by atoms with Gasteiger partial charge >= 0.3 is 0 Å². The number of nitrogens with zero attached hydrogens (tertiary/aromatic N) is 1. The van der Waals surface area contributed by atoms with Gasteiger partial charge in [0.05, 0.1) is 28.4 Å². The number of hydrogen-bond donors (Lipinski definition) is 5. The third-order valence-corrected chi connectivity index (χ3v) is 10.7. The Kier molecular flexibility index (Phi) is 7.56. The van der Waals surface area contributed by atoms with Crippen molar-refractivity contribution in [1.29, 1.82) is 0 Å². The Labute approximate surface area is 249 Å². The van der Waals surface area contributed by atoms with Crippen LogP contribution in [0.5, 0.6) is 0 Å². The van der Waals surface area contributed by atoms with E-state index in [9.17, 15) is 22.3 Å². The summed E-state index contributed by atoms with van der Waals surface area (Å²) < 4.78 is 52.8. The van der Waals surface area contributed by atoms with Crippen LogP contribution in [-0.4, -0.2) is 33.4 Å². The number of nitrogens with one attached hydrogen (secondary N) is 3.